The smallest absolute Gasteiger partial charge is 0.274 e. The van der Waals surface area contributed by atoms with Crippen molar-refractivity contribution in [1.29, 1.82) is 0 Å². The second-order valence-corrected chi connectivity index (χ2v) is 6.12. The van der Waals surface area contributed by atoms with E-state index in [4.69, 9.17) is 11.6 Å². The summed E-state index contributed by atoms with van der Waals surface area (Å²) in [6, 6.07) is 18.9. The van der Waals surface area contributed by atoms with E-state index in [1.165, 1.54) is 11.1 Å². The van der Waals surface area contributed by atoms with Crippen LogP contribution < -0.4 is 10.6 Å². The van der Waals surface area contributed by atoms with Gasteiger partial charge >= 0.3 is 0 Å². The topological polar surface area (TPSA) is 54.0 Å². The van der Waals surface area contributed by atoms with E-state index in [0.29, 0.717) is 22.9 Å². The lowest BCUT2D eigenvalue weighted by Crippen LogP contribution is -2.14. The lowest BCUT2D eigenvalue weighted by Gasteiger charge is -2.09. The van der Waals surface area contributed by atoms with Crippen molar-refractivity contribution in [3.05, 3.63) is 88.7 Å². The number of carbonyl (C=O) groups is 1. The van der Waals surface area contributed by atoms with Crippen LogP contribution in [0.1, 0.15) is 21.6 Å². The number of aromatic nitrogens is 1. The number of nitrogens with zero attached hydrogens (tertiary/aromatic N) is 1. The molecule has 0 aliphatic rings. The molecule has 1 aromatic heterocycles. The standard InChI is InChI=1S/C20H18ClN3O/c1-14-5-4-6-15(11-14)12-22-16-9-10-19(23-13-16)20(25)24-18-8-3-2-7-17(18)21/h2-11,13,22H,12H2,1H3,(H,24,25). The van der Waals surface area contributed by atoms with Gasteiger partial charge in [0, 0.05) is 6.54 Å². The number of anilines is 2. The third-order valence-corrected chi connectivity index (χ3v) is 4.03. The Morgan fingerprint density at radius 1 is 1.08 bits per heavy atom. The summed E-state index contributed by atoms with van der Waals surface area (Å²) in [6.45, 7) is 2.77. The van der Waals surface area contributed by atoms with Gasteiger partial charge in [0.15, 0.2) is 0 Å². The molecule has 0 atom stereocenters. The van der Waals surface area contributed by atoms with Crippen molar-refractivity contribution >= 4 is 28.9 Å². The maximum atomic E-state index is 12.2. The van der Waals surface area contributed by atoms with Crippen LogP contribution in [0, 0.1) is 6.92 Å². The molecule has 0 unspecified atom stereocenters. The summed E-state index contributed by atoms with van der Waals surface area (Å²) in [7, 11) is 0. The molecule has 0 saturated heterocycles. The predicted octanol–water partition coefficient (Wildman–Crippen LogP) is 4.91. The number of rotatable bonds is 5. The van der Waals surface area contributed by atoms with E-state index in [2.05, 4.69) is 40.7 Å². The van der Waals surface area contributed by atoms with Gasteiger partial charge < -0.3 is 10.6 Å². The summed E-state index contributed by atoms with van der Waals surface area (Å²) in [5.41, 5.74) is 4.18. The predicted molar refractivity (Wildman–Crippen MR) is 102 cm³/mol. The van der Waals surface area contributed by atoms with Gasteiger partial charge in [-0.05, 0) is 36.8 Å². The first kappa shape index (κ1) is 17.0. The molecule has 4 nitrogen and oxygen atoms in total. The first-order valence-corrected chi connectivity index (χ1v) is 8.31. The van der Waals surface area contributed by atoms with Gasteiger partial charge in [0.2, 0.25) is 0 Å². The molecule has 2 aromatic carbocycles. The largest absolute Gasteiger partial charge is 0.380 e. The summed E-state index contributed by atoms with van der Waals surface area (Å²) >= 11 is 6.05. The SMILES string of the molecule is Cc1cccc(CNc2ccc(C(=O)Nc3ccccc3Cl)nc2)c1. The van der Waals surface area contributed by atoms with Crippen molar-refractivity contribution in [2.24, 2.45) is 0 Å². The van der Waals surface area contributed by atoms with Gasteiger partial charge in [-0.25, -0.2) is 4.98 Å². The van der Waals surface area contributed by atoms with Gasteiger partial charge in [0.05, 0.1) is 22.6 Å². The Labute approximate surface area is 151 Å². The summed E-state index contributed by atoms with van der Waals surface area (Å²) in [5.74, 6) is -0.293. The minimum atomic E-state index is -0.293. The van der Waals surface area contributed by atoms with E-state index in [0.717, 1.165) is 5.69 Å². The fourth-order valence-electron chi connectivity index (χ4n) is 2.41. The maximum Gasteiger partial charge on any atom is 0.274 e. The molecule has 0 spiro atoms. The molecule has 0 saturated carbocycles. The van der Waals surface area contributed by atoms with Crippen molar-refractivity contribution < 1.29 is 4.79 Å². The highest BCUT2D eigenvalue weighted by atomic mass is 35.5. The Hall–Kier alpha value is -2.85. The van der Waals surface area contributed by atoms with Crippen molar-refractivity contribution in [2.75, 3.05) is 10.6 Å². The van der Waals surface area contributed by atoms with E-state index in [1.54, 1.807) is 24.4 Å². The number of hydrogen-bond acceptors (Lipinski definition) is 3. The van der Waals surface area contributed by atoms with Crippen LogP contribution in [0.2, 0.25) is 5.02 Å². The maximum absolute atomic E-state index is 12.2. The lowest BCUT2D eigenvalue weighted by atomic mass is 10.1. The molecule has 1 amide bonds. The molecule has 0 bridgehead atoms. The molecule has 3 aromatic rings. The number of aryl methyl sites for hydroxylation is 1. The van der Waals surface area contributed by atoms with Gasteiger partial charge in [-0.1, -0.05) is 53.6 Å². The van der Waals surface area contributed by atoms with Crippen LogP contribution >= 0.6 is 11.6 Å². The minimum Gasteiger partial charge on any atom is -0.380 e. The number of halogens is 1. The summed E-state index contributed by atoms with van der Waals surface area (Å²) < 4.78 is 0. The van der Waals surface area contributed by atoms with E-state index in [9.17, 15) is 4.79 Å². The molecule has 0 fully saturated rings. The second kappa shape index (κ2) is 7.81. The summed E-state index contributed by atoms with van der Waals surface area (Å²) in [6.07, 6.45) is 1.65. The van der Waals surface area contributed by atoms with Crippen LogP contribution in [0.25, 0.3) is 0 Å². The zero-order chi connectivity index (χ0) is 17.6. The van der Waals surface area contributed by atoms with Gasteiger partial charge in [-0.15, -0.1) is 0 Å². The number of pyridine rings is 1. The highest BCUT2D eigenvalue weighted by molar-refractivity contribution is 6.33. The monoisotopic (exact) mass is 351 g/mol. The first-order chi connectivity index (χ1) is 12.1. The normalized spacial score (nSPS) is 10.3. The molecule has 5 heteroatoms. The van der Waals surface area contributed by atoms with E-state index in [1.807, 2.05) is 24.3 Å². The Morgan fingerprint density at radius 2 is 1.92 bits per heavy atom. The summed E-state index contributed by atoms with van der Waals surface area (Å²) in [4.78, 5) is 16.5. The van der Waals surface area contributed by atoms with Gasteiger partial charge in [0.25, 0.3) is 5.91 Å². The quantitative estimate of drug-likeness (QED) is 0.686. The van der Waals surface area contributed by atoms with Gasteiger partial charge in [-0.2, -0.15) is 0 Å². The van der Waals surface area contributed by atoms with Crippen LogP contribution in [-0.2, 0) is 6.54 Å². The van der Waals surface area contributed by atoms with Crippen molar-refractivity contribution in [3.63, 3.8) is 0 Å². The molecule has 126 valence electrons. The summed E-state index contributed by atoms with van der Waals surface area (Å²) in [5, 5.41) is 6.55. The zero-order valence-electron chi connectivity index (χ0n) is 13.8. The average molecular weight is 352 g/mol. The number of amides is 1. The highest BCUT2D eigenvalue weighted by Crippen LogP contribution is 2.21. The third-order valence-electron chi connectivity index (χ3n) is 3.70. The zero-order valence-corrected chi connectivity index (χ0v) is 14.5. The lowest BCUT2D eigenvalue weighted by molar-refractivity contribution is 0.102. The molecular weight excluding hydrogens is 334 g/mol. The van der Waals surface area contributed by atoms with Crippen LogP contribution in [0.5, 0.6) is 0 Å². The molecule has 0 aliphatic carbocycles. The molecule has 1 heterocycles. The fourth-order valence-corrected chi connectivity index (χ4v) is 2.59. The number of carbonyl (C=O) groups excluding carboxylic acids is 1. The van der Waals surface area contributed by atoms with Crippen molar-refractivity contribution in [1.82, 2.24) is 4.98 Å². The number of nitrogens with one attached hydrogen (secondary N) is 2. The molecule has 0 aliphatic heterocycles. The van der Waals surface area contributed by atoms with Crippen LogP contribution in [0.15, 0.2) is 66.9 Å². The van der Waals surface area contributed by atoms with Crippen LogP contribution in [0.4, 0.5) is 11.4 Å². The van der Waals surface area contributed by atoms with Gasteiger partial charge in [-0.3, -0.25) is 4.79 Å². The van der Waals surface area contributed by atoms with E-state index >= 15 is 0 Å². The van der Waals surface area contributed by atoms with Crippen molar-refractivity contribution in [2.45, 2.75) is 13.5 Å². The Kier molecular flexibility index (Phi) is 5.31. The second-order valence-electron chi connectivity index (χ2n) is 5.71. The Balaban J connectivity index is 1.61. The van der Waals surface area contributed by atoms with Crippen molar-refractivity contribution in [3.8, 4) is 0 Å². The molecule has 0 radical (unpaired) electrons. The fraction of sp³-hybridized carbons (Fsp3) is 0.100. The Bertz CT molecular complexity index is 878. The van der Waals surface area contributed by atoms with Gasteiger partial charge in [0.1, 0.15) is 5.69 Å². The third kappa shape index (κ3) is 4.58. The highest BCUT2D eigenvalue weighted by Gasteiger charge is 2.09. The van der Waals surface area contributed by atoms with E-state index < -0.39 is 0 Å². The van der Waals surface area contributed by atoms with Crippen LogP contribution in [0.3, 0.4) is 0 Å². The average Bonchev–Trinajstić information content (AvgIpc) is 2.62. The number of hydrogen-bond donors (Lipinski definition) is 2. The number of benzene rings is 2. The minimum absolute atomic E-state index is 0.293. The van der Waals surface area contributed by atoms with E-state index in [-0.39, 0.29) is 5.91 Å². The molecular formula is C20H18ClN3O. The molecule has 25 heavy (non-hydrogen) atoms. The Morgan fingerprint density at radius 3 is 2.64 bits per heavy atom. The molecule has 2 N–H and O–H groups in total. The molecule has 3 rings (SSSR count). The number of para-hydroxylation sites is 1. The first-order valence-electron chi connectivity index (χ1n) is 7.93. The van der Waals surface area contributed by atoms with Crippen LogP contribution in [-0.4, -0.2) is 10.9 Å².